The van der Waals surface area contributed by atoms with Crippen LogP contribution in [0.2, 0.25) is 0 Å². The maximum Gasteiger partial charge on any atom is 0.247 e. The lowest BCUT2D eigenvalue weighted by Gasteiger charge is -2.10. The minimum absolute atomic E-state index is 0.518. The fraction of sp³-hybridized carbons (Fsp3) is 0.333. The Kier molecular flexibility index (Phi) is 8.47. The predicted molar refractivity (Wildman–Crippen MR) is 118 cm³/mol. The summed E-state index contributed by atoms with van der Waals surface area (Å²) < 4.78 is 17.2. The molecule has 0 N–H and O–H groups in total. The van der Waals surface area contributed by atoms with Crippen LogP contribution in [0.25, 0.3) is 11.5 Å². The van der Waals surface area contributed by atoms with Gasteiger partial charge in [-0.1, -0.05) is 30.4 Å². The molecule has 0 aliphatic carbocycles. The SMILES string of the molecule is CN(C)CCCOc1ccc(-c2nnc(CC=CCCOc3ccccc3)o2)cc1. The van der Waals surface area contributed by atoms with E-state index in [-0.39, 0.29) is 0 Å². The first-order valence-corrected chi connectivity index (χ1v) is 10.2. The molecule has 0 aliphatic rings. The second kappa shape index (κ2) is 11.8. The number of allylic oxidation sites excluding steroid dienone is 1. The Labute approximate surface area is 178 Å². The van der Waals surface area contributed by atoms with Crippen molar-refractivity contribution >= 4 is 0 Å². The molecule has 2 aromatic carbocycles. The first-order valence-electron chi connectivity index (χ1n) is 10.2. The first kappa shape index (κ1) is 21.6. The van der Waals surface area contributed by atoms with Crippen LogP contribution in [0.4, 0.5) is 0 Å². The summed E-state index contributed by atoms with van der Waals surface area (Å²) in [6.45, 7) is 2.35. The van der Waals surface area contributed by atoms with E-state index < -0.39 is 0 Å². The Balaban J connectivity index is 1.39. The number of nitrogens with zero attached hydrogens (tertiary/aromatic N) is 3. The molecule has 6 heteroatoms. The number of hydrogen-bond donors (Lipinski definition) is 0. The molecular weight excluding hydrogens is 378 g/mol. The normalized spacial score (nSPS) is 11.3. The van der Waals surface area contributed by atoms with Gasteiger partial charge in [-0.2, -0.15) is 0 Å². The molecule has 0 saturated heterocycles. The molecule has 0 atom stereocenters. The Morgan fingerprint density at radius 3 is 2.37 bits per heavy atom. The number of rotatable bonds is 12. The summed E-state index contributed by atoms with van der Waals surface area (Å²) in [4.78, 5) is 2.15. The van der Waals surface area contributed by atoms with Gasteiger partial charge in [0.1, 0.15) is 11.5 Å². The van der Waals surface area contributed by atoms with Gasteiger partial charge in [0.2, 0.25) is 11.8 Å². The van der Waals surface area contributed by atoms with E-state index in [1.807, 2.05) is 60.7 Å². The Morgan fingerprint density at radius 2 is 1.60 bits per heavy atom. The van der Waals surface area contributed by atoms with Crippen LogP contribution in [-0.4, -0.2) is 49.0 Å². The molecule has 0 amide bonds. The number of aromatic nitrogens is 2. The van der Waals surface area contributed by atoms with Gasteiger partial charge in [0, 0.05) is 18.5 Å². The van der Waals surface area contributed by atoms with Crippen LogP contribution >= 0.6 is 0 Å². The molecule has 0 fully saturated rings. The minimum atomic E-state index is 0.518. The van der Waals surface area contributed by atoms with E-state index >= 15 is 0 Å². The maximum absolute atomic E-state index is 5.76. The fourth-order valence-corrected chi connectivity index (χ4v) is 2.78. The van der Waals surface area contributed by atoms with Gasteiger partial charge < -0.3 is 18.8 Å². The van der Waals surface area contributed by atoms with Crippen LogP contribution in [0.3, 0.4) is 0 Å². The van der Waals surface area contributed by atoms with Crippen molar-refractivity contribution in [3.8, 4) is 23.0 Å². The first-order chi connectivity index (χ1) is 14.7. The predicted octanol–water partition coefficient (Wildman–Crippen LogP) is 4.63. The monoisotopic (exact) mass is 407 g/mol. The second-order valence-electron chi connectivity index (χ2n) is 7.16. The third-order valence-electron chi connectivity index (χ3n) is 4.34. The van der Waals surface area contributed by atoms with E-state index in [1.54, 1.807) is 0 Å². The Bertz CT molecular complexity index is 890. The molecule has 0 aliphatic heterocycles. The summed E-state index contributed by atoms with van der Waals surface area (Å²) in [6, 6.07) is 17.5. The lowest BCUT2D eigenvalue weighted by Crippen LogP contribution is -2.15. The average molecular weight is 408 g/mol. The van der Waals surface area contributed by atoms with Crippen LogP contribution in [0.15, 0.2) is 71.2 Å². The minimum Gasteiger partial charge on any atom is -0.494 e. The van der Waals surface area contributed by atoms with Crippen LogP contribution in [0, 0.1) is 0 Å². The second-order valence-corrected chi connectivity index (χ2v) is 7.16. The van der Waals surface area contributed by atoms with E-state index in [4.69, 9.17) is 13.9 Å². The summed E-state index contributed by atoms with van der Waals surface area (Å²) in [5.41, 5.74) is 0.884. The van der Waals surface area contributed by atoms with Crippen molar-refractivity contribution in [2.75, 3.05) is 33.9 Å². The molecule has 0 unspecified atom stereocenters. The summed E-state index contributed by atoms with van der Waals surface area (Å²) in [6.07, 6.45) is 6.51. The van der Waals surface area contributed by atoms with Crippen molar-refractivity contribution < 1.29 is 13.9 Å². The highest BCUT2D eigenvalue weighted by molar-refractivity contribution is 5.53. The Hall–Kier alpha value is -3.12. The van der Waals surface area contributed by atoms with E-state index in [0.29, 0.717) is 31.4 Å². The highest BCUT2D eigenvalue weighted by Gasteiger charge is 2.07. The van der Waals surface area contributed by atoms with Gasteiger partial charge in [-0.3, -0.25) is 0 Å². The van der Waals surface area contributed by atoms with Gasteiger partial charge in [0.05, 0.1) is 13.2 Å². The van der Waals surface area contributed by atoms with Crippen molar-refractivity contribution in [2.45, 2.75) is 19.3 Å². The topological polar surface area (TPSA) is 60.6 Å². The lowest BCUT2D eigenvalue weighted by atomic mass is 10.2. The van der Waals surface area contributed by atoms with Gasteiger partial charge in [-0.15, -0.1) is 10.2 Å². The maximum atomic E-state index is 5.76. The highest BCUT2D eigenvalue weighted by Crippen LogP contribution is 2.21. The average Bonchev–Trinajstić information content (AvgIpc) is 3.24. The van der Waals surface area contributed by atoms with Crippen molar-refractivity contribution in [2.24, 2.45) is 0 Å². The van der Waals surface area contributed by atoms with Crippen LogP contribution in [0.5, 0.6) is 11.5 Å². The van der Waals surface area contributed by atoms with Crippen LogP contribution < -0.4 is 9.47 Å². The Morgan fingerprint density at radius 1 is 0.867 bits per heavy atom. The molecule has 1 heterocycles. The van der Waals surface area contributed by atoms with Crippen LogP contribution in [0.1, 0.15) is 18.7 Å². The molecule has 0 saturated carbocycles. The van der Waals surface area contributed by atoms with Gasteiger partial charge in [-0.05, 0) is 63.3 Å². The zero-order chi connectivity index (χ0) is 21.0. The van der Waals surface area contributed by atoms with Gasteiger partial charge in [-0.25, -0.2) is 0 Å². The standard InChI is InChI=1S/C24H29N3O3/c1-27(2)17-9-19-29-22-15-13-20(14-16-22)24-26-25-23(30-24)12-7-4-8-18-28-21-10-5-3-6-11-21/h3-7,10-11,13-16H,8-9,12,17-19H2,1-2H3. The van der Waals surface area contributed by atoms with E-state index in [1.165, 1.54) is 0 Å². The van der Waals surface area contributed by atoms with Crippen molar-refractivity contribution in [1.82, 2.24) is 15.1 Å². The molecule has 0 radical (unpaired) electrons. The summed E-state index contributed by atoms with van der Waals surface area (Å²) in [5, 5.41) is 8.27. The summed E-state index contributed by atoms with van der Waals surface area (Å²) in [5.74, 6) is 2.84. The fourth-order valence-electron chi connectivity index (χ4n) is 2.78. The van der Waals surface area contributed by atoms with Crippen LogP contribution in [-0.2, 0) is 6.42 Å². The highest BCUT2D eigenvalue weighted by atomic mass is 16.5. The van der Waals surface area contributed by atoms with E-state index in [2.05, 4.69) is 35.3 Å². The molecule has 1 aromatic heterocycles. The van der Waals surface area contributed by atoms with Crippen molar-refractivity contribution in [3.63, 3.8) is 0 Å². The molecular formula is C24H29N3O3. The number of para-hydroxylation sites is 1. The zero-order valence-electron chi connectivity index (χ0n) is 17.7. The van der Waals surface area contributed by atoms with Gasteiger partial charge in [0.25, 0.3) is 0 Å². The third-order valence-corrected chi connectivity index (χ3v) is 4.34. The molecule has 0 bridgehead atoms. The molecule has 0 spiro atoms. The number of hydrogen-bond acceptors (Lipinski definition) is 6. The van der Waals surface area contributed by atoms with E-state index in [9.17, 15) is 0 Å². The van der Waals surface area contributed by atoms with E-state index in [0.717, 1.165) is 36.4 Å². The third kappa shape index (κ3) is 7.37. The quantitative estimate of drug-likeness (QED) is 0.322. The molecule has 30 heavy (non-hydrogen) atoms. The molecule has 3 rings (SSSR count). The smallest absolute Gasteiger partial charge is 0.247 e. The zero-order valence-corrected chi connectivity index (χ0v) is 17.7. The molecule has 158 valence electrons. The summed E-state index contributed by atoms with van der Waals surface area (Å²) in [7, 11) is 4.12. The largest absolute Gasteiger partial charge is 0.494 e. The number of benzene rings is 2. The molecule has 3 aromatic rings. The molecule has 6 nitrogen and oxygen atoms in total. The van der Waals surface area contributed by atoms with Crippen molar-refractivity contribution in [1.29, 1.82) is 0 Å². The summed E-state index contributed by atoms with van der Waals surface area (Å²) >= 11 is 0. The van der Waals surface area contributed by atoms with Gasteiger partial charge >= 0.3 is 0 Å². The van der Waals surface area contributed by atoms with Gasteiger partial charge in [0.15, 0.2) is 0 Å². The number of ether oxygens (including phenoxy) is 2. The lowest BCUT2D eigenvalue weighted by molar-refractivity contribution is 0.281. The van der Waals surface area contributed by atoms with Crippen molar-refractivity contribution in [3.05, 3.63) is 72.6 Å².